The molecule has 0 aliphatic carbocycles. The third-order valence-electron chi connectivity index (χ3n) is 6.83. The van der Waals surface area contributed by atoms with Gasteiger partial charge in [-0.2, -0.15) is 9.58 Å². The predicted octanol–water partition coefficient (Wildman–Crippen LogP) is 5.25. The van der Waals surface area contributed by atoms with Gasteiger partial charge in [0.2, 0.25) is 0 Å². The Kier molecular flexibility index (Phi) is 5.96. The highest BCUT2D eigenvalue weighted by molar-refractivity contribution is 6.00. The zero-order chi connectivity index (χ0) is 24.4. The zero-order valence-electron chi connectivity index (χ0n) is 19.8. The first-order chi connectivity index (χ1) is 17.0. The fraction of sp³-hybridized carbons (Fsp3) is 0.222. The zero-order valence-corrected chi connectivity index (χ0v) is 19.8. The molecule has 0 radical (unpaired) electrons. The van der Waals surface area contributed by atoms with E-state index >= 15 is 0 Å². The van der Waals surface area contributed by atoms with Crippen LogP contribution in [0.15, 0.2) is 79.1 Å². The number of benzene rings is 2. The van der Waals surface area contributed by atoms with Crippen LogP contribution in [0.4, 0.5) is 10.5 Å². The second-order valence-corrected chi connectivity index (χ2v) is 8.82. The SMILES string of the molecule is COc1ccc(-c2cc(C(=O)[N+]3(C(=O)Nc4ccccc4-n4cccc4)CCC[C@H]3C)[nH]n2)cc1. The number of para-hydroxylation sites is 2. The number of imide groups is 1. The van der Waals surface area contributed by atoms with E-state index in [2.05, 4.69) is 15.5 Å². The van der Waals surface area contributed by atoms with E-state index in [0.29, 0.717) is 23.6 Å². The van der Waals surface area contributed by atoms with Crippen molar-refractivity contribution in [3.63, 3.8) is 0 Å². The molecule has 2 atom stereocenters. The Morgan fingerprint density at radius 1 is 1.09 bits per heavy atom. The lowest BCUT2D eigenvalue weighted by atomic mass is 10.1. The van der Waals surface area contributed by atoms with Gasteiger partial charge < -0.3 is 9.30 Å². The minimum atomic E-state index is -0.333. The Morgan fingerprint density at radius 3 is 2.51 bits per heavy atom. The van der Waals surface area contributed by atoms with Gasteiger partial charge in [0.1, 0.15) is 11.8 Å². The molecule has 5 rings (SSSR count). The van der Waals surface area contributed by atoms with Gasteiger partial charge in [0.05, 0.1) is 30.7 Å². The van der Waals surface area contributed by atoms with Crippen molar-refractivity contribution in [1.82, 2.24) is 14.8 Å². The number of aromatic amines is 1. The second kappa shape index (κ2) is 9.23. The van der Waals surface area contributed by atoms with Gasteiger partial charge in [-0.15, -0.1) is 0 Å². The van der Waals surface area contributed by atoms with Crippen molar-refractivity contribution in [2.24, 2.45) is 0 Å². The largest absolute Gasteiger partial charge is 0.497 e. The highest BCUT2D eigenvalue weighted by Gasteiger charge is 2.53. The Labute approximate surface area is 203 Å². The van der Waals surface area contributed by atoms with Crippen LogP contribution < -0.4 is 10.1 Å². The average Bonchev–Trinajstić information content (AvgIpc) is 3.65. The molecule has 3 amide bonds. The topological polar surface area (TPSA) is 89.0 Å². The quantitative estimate of drug-likeness (QED) is 0.390. The maximum absolute atomic E-state index is 13.9. The number of ether oxygens (including phenoxy) is 1. The molecule has 0 spiro atoms. The summed E-state index contributed by atoms with van der Waals surface area (Å²) in [5.41, 5.74) is 3.30. The van der Waals surface area contributed by atoms with Gasteiger partial charge in [-0.1, -0.05) is 12.1 Å². The van der Waals surface area contributed by atoms with Crippen molar-refractivity contribution in [2.45, 2.75) is 25.8 Å². The number of hydrogen-bond acceptors (Lipinski definition) is 4. The van der Waals surface area contributed by atoms with Gasteiger partial charge in [-0.05, 0) is 55.5 Å². The lowest BCUT2D eigenvalue weighted by Crippen LogP contribution is -2.60. The number of urea groups is 1. The fourth-order valence-corrected chi connectivity index (χ4v) is 4.84. The van der Waals surface area contributed by atoms with Gasteiger partial charge >= 0.3 is 11.9 Å². The predicted molar refractivity (Wildman–Crippen MR) is 134 cm³/mol. The Hall–Kier alpha value is -4.17. The lowest BCUT2D eigenvalue weighted by molar-refractivity contribution is -0.775. The third-order valence-corrected chi connectivity index (χ3v) is 6.83. The van der Waals surface area contributed by atoms with E-state index in [1.807, 2.05) is 84.5 Å². The number of quaternary nitrogens is 1. The van der Waals surface area contributed by atoms with Gasteiger partial charge in [0.25, 0.3) is 0 Å². The molecule has 1 aliphatic rings. The second-order valence-electron chi connectivity index (χ2n) is 8.82. The van der Waals surface area contributed by atoms with E-state index in [-0.39, 0.29) is 22.5 Å². The number of likely N-dealkylation sites (tertiary alicyclic amines) is 1. The van der Waals surface area contributed by atoms with Crippen LogP contribution in [0.25, 0.3) is 16.9 Å². The van der Waals surface area contributed by atoms with E-state index in [0.717, 1.165) is 29.8 Å². The van der Waals surface area contributed by atoms with E-state index in [1.54, 1.807) is 13.2 Å². The number of hydrogen-bond donors (Lipinski definition) is 2. The number of anilines is 1. The summed E-state index contributed by atoms with van der Waals surface area (Å²) in [6.07, 6.45) is 5.42. The number of aromatic nitrogens is 3. The normalized spacial score (nSPS) is 19.4. The molecule has 4 aromatic rings. The summed E-state index contributed by atoms with van der Waals surface area (Å²) >= 11 is 0. The van der Waals surface area contributed by atoms with Crippen LogP contribution in [0, 0.1) is 0 Å². The first kappa shape index (κ1) is 22.6. The first-order valence-electron chi connectivity index (χ1n) is 11.7. The highest BCUT2D eigenvalue weighted by atomic mass is 16.5. The Balaban J connectivity index is 1.45. The summed E-state index contributed by atoms with van der Waals surface area (Å²) in [4.78, 5) is 27.7. The van der Waals surface area contributed by atoms with Crippen molar-refractivity contribution in [1.29, 1.82) is 0 Å². The minimum Gasteiger partial charge on any atom is -0.497 e. The van der Waals surface area contributed by atoms with E-state index in [1.165, 1.54) is 0 Å². The summed E-state index contributed by atoms with van der Waals surface area (Å²) in [6.45, 7) is 2.40. The molecule has 3 heterocycles. The maximum Gasteiger partial charge on any atom is 0.429 e. The molecule has 178 valence electrons. The standard InChI is InChI=1S/C27H27N5O3/c1-19-8-7-17-32(19,27(34)28-22-9-3-4-10-25(22)31-15-5-6-16-31)26(33)24-18-23(29-30-24)20-11-13-21(35-2)14-12-20/h3-6,9-16,18-19H,7-8,17H2,1-2H3,(H-,28,29,30,33,34)/p+1/t19-,32?/m1/s1. The van der Waals surface area contributed by atoms with Gasteiger partial charge in [0.15, 0.2) is 5.69 Å². The third kappa shape index (κ3) is 4.02. The summed E-state index contributed by atoms with van der Waals surface area (Å²) < 4.78 is 6.85. The van der Waals surface area contributed by atoms with Crippen molar-refractivity contribution in [3.05, 3.63) is 84.8 Å². The van der Waals surface area contributed by atoms with Crippen LogP contribution in [0.5, 0.6) is 5.75 Å². The molecular formula is C27H28N5O3+. The Morgan fingerprint density at radius 2 is 1.83 bits per heavy atom. The molecule has 2 N–H and O–H groups in total. The van der Waals surface area contributed by atoms with Crippen LogP contribution in [-0.2, 0) is 0 Å². The number of carbonyl (C=O) groups is 2. The summed E-state index contributed by atoms with van der Waals surface area (Å²) in [5, 5.41) is 10.3. The molecule has 1 aliphatic heterocycles. The first-order valence-corrected chi connectivity index (χ1v) is 11.7. The Bertz CT molecular complexity index is 1340. The number of rotatable bonds is 5. The molecule has 2 aromatic carbocycles. The molecule has 0 saturated carbocycles. The van der Waals surface area contributed by atoms with E-state index in [9.17, 15) is 9.59 Å². The number of methoxy groups -OCH3 is 1. The van der Waals surface area contributed by atoms with Crippen LogP contribution in [-0.4, -0.2) is 50.9 Å². The molecule has 2 aromatic heterocycles. The molecule has 1 unspecified atom stereocenters. The van der Waals surface area contributed by atoms with E-state index < -0.39 is 0 Å². The minimum absolute atomic E-state index is 0.158. The number of amides is 3. The van der Waals surface area contributed by atoms with Gasteiger partial charge in [-0.3, -0.25) is 10.4 Å². The molecule has 1 saturated heterocycles. The monoisotopic (exact) mass is 470 g/mol. The van der Waals surface area contributed by atoms with Crippen molar-refractivity contribution in [2.75, 3.05) is 19.0 Å². The van der Waals surface area contributed by atoms with Crippen LogP contribution in [0.1, 0.15) is 30.3 Å². The summed E-state index contributed by atoms with van der Waals surface area (Å²) in [6, 6.07) is 20.1. The molecule has 8 nitrogen and oxygen atoms in total. The van der Waals surface area contributed by atoms with Crippen molar-refractivity contribution in [3.8, 4) is 22.7 Å². The molecule has 8 heteroatoms. The summed E-state index contributed by atoms with van der Waals surface area (Å²) in [5.74, 6) is 0.464. The van der Waals surface area contributed by atoms with Crippen LogP contribution in [0.3, 0.4) is 0 Å². The van der Waals surface area contributed by atoms with Crippen molar-refractivity contribution < 1.29 is 18.8 Å². The lowest BCUT2D eigenvalue weighted by Gasteiger charge is -2.32. The molecular weight excluding hydrogens is 442 g/mol. The fourth-order valence-electron chi connectivity index (χ4n) is 4.84. The highest BCUT2D eigenvalue weighted by Crippen LogP contribution is 2.33. The number of carbonyl (C=O) groups excluding carboxylic acids is 2. The van der Waals surface area contributed by atoms with Gasteiger partial charge in [0, 0.05) is 36.9 Å². The summed E-state index contributed by atoms with van der Waals surface area (Å²) in [7, 11) is 1.61. The van der Waals surface area contributed by atoms with Crippen LogP contribution >= 0.6 is 0 Å². The number of H-pyrrole nitrogens is 1. The van der Waals surface area contributed by atoms with E-state index in [4.69, 9.17) is 4.74 Å². The van der Waals surface area contributed by atoms with Gasteiger partial charge in [-0.25, -0.2) is 9.59 Å². The molecule has 35 heavy (non-hydrogen) atoms. The number of nitrogens with one attached hydrogen (secondary N) is 2. The average molecular weight is 471 g/mol. The smallest absolute Gasteiger partial charge is 0.429 e. The molecule has 1 fully saturated rings. The molecule has 0 bridgehead atoms. The van der Waals surface area contributed by atoms with Crippen molar-refractivity contribution >= 4 is 17.6 Å². The number of nitrogens with zero attached hydrogens (tertiary/aromatic N) is 3. The van der Waals surface area contributed by atoms with Crippen LogP contribution in [0.2, 0.25) is 0 Å². The maximum atomic E-state index is 13.9.